The normalized spacial score (nSPS) is 10.5. The molecular formula is C25H23F2NO2. The van der Waals surface area contributed by atoms with E-state index >= 15 is 0 Å². The van der Waals surface area contributed by atoms with Gasteiger partial charge in [0.2, 0.25) is 5.82 Å². The Morgan fingerprint density at radius 1 is 0.800 bits per heavy atom. The Hall–Kier alpha value is -3.39. The maximum atomic E-state index is 13.9. The zero-order valence-corrected chi connectivity index (χ0v) is 16.8. The Balaban J connectivity index is 1.59. The van der Waals surface area contributed by atoms with Crippen molar-refractivity contribution in [3.05, 3.63) is 83.4 Å². The molecule has 0 atom stereocenters. The Labute approximate surface area is 175 Å². The van der Waals surface area contributed by atoms with Gasteiger partial charge in [0.05, 0.1) is 12.2 Å². The molecule has 3 aromatic carbocycles. The monoisotopic (exact) mass is 407 g/mol. The molecule has 154 valence electrons. The lowest BCUT2D eigenvalue weighted by molar-refractivity contribution is 0.284. The molecule has 3 aromatic rings. The van der Waals surface area contributed by atoms with Gasteiger partial charge in [-0.3, -0.25) is 0 Å². The Morgan fingerprint density at radius 3 is 2.10 bits per heavy atom. The predicted molar refractivity (Wildman–Crippen MR) is 112 cm³/mol. The van der Waals surface area contributed by atoms with Crippen LogP contribution in [0.25, 0.3) is 11.1 Å². The van der Waals surface area contributed by atoms with E-state index in [9.17, 15) is 8.78 Å². The molecule has 30 heavy (non-hydrogen) atoms. The molecule has 3 rings (SSSR count). The number of halogens is 2. The largest absolute Gasteiger partial charge is 0.494 e. The minimum Gasteiger partial charge on any atom is -0.494 e. The lowest BCUT2D eigenvalue weighted by Crippen LogP contribution is -2.00. The molecule has 5 heteroatoms. The molecule has 0 amide bonds. The highest BCUT2D eigenvalue weighted by Crippen LogP contribution is 2.25. The van der Waals surface area contributed by atoms with Crippen LogP contribution in [-0.2, 0) is 6.61 Å². The zero-order chi connectivity index (χ0) is 21.3. The molecule has 0 radical (unpaired) electrons. The smallest absolute Gasteiger partial charge is 0.202 e. The minimum absolute atomic E-state index is 0.0904. The number of hydrogen-bond donors (Lipinski definition) is 0. The third kappa shape index (κ3) is 5.36. The van der Waals surface area contributed by atoms with Crippen molar-refractivity contribution in [3.8, 4) is 28.7 Å². The van der Waals surface area contributed by atoms with Gasteiger partial charge >= 0.3 is 0 Å². The standard InChI is InChI=1S/C25H23F2NO2/c1-2-3-4-15-29-22-12-9-20(10-13-22)19-7-5-18(6-8-19)17-30-23-14-11-21(16-28)24(26)25(23)27/h5-14H,2-4,15,17H2,1H3. The molecule has 0 saturated heterocycles. The van der Waals surface area contributed by atoms with Crippen molar-refractivity contribution in [2.45, 2.75) is 32.8 Å². The molecule has 0 heterocycles. The number of unbranched alkanes of at least 4 members (excludes halogenated alkanes) is 2. The summed E-state index contributed by atoms with van der Waals surface area (Å²) >= 11 is 0. The number of nitriles is 1. The van der Waals surface area contributed by atoms with E-state index in [4.69, 9.17) is 14.7 Å². The highest BCUT2D eigenvalue weighted by atomic mass is 19.2. The van der Waals surface area contributed by atoms with E-state index in [1.165, 1.54) is 25.0 Å². The van der Waals surface area contributed by atoms with Crippen LogP contribution in [0, 0.1) is 23.0 Å². The first-order valence-electron chi connectivity index (χ1n) is 9.95. The summed E-state index contributed by atoms with van der Waals surface area (Å²) in [6.07, 6.45) is 3.39. The summed E-state index contributed by atoms with van der Waals surface area (Å²) in [5, 5.41) is 8.73. The van der Waals surface area contributed by atoms with Crippen LogP contribution in [0.3, 0.4) is 0 Å². The van der Waals surface area contributed by atoms with Gasteiger partial charge in [-0.05, 0) is 47.4 Å². The topological polar surface area (TPSA) is 42.2 Å². The molecule has 0 aliphatic rings. The molecule has 0 aliphatic carbocycles. The summed E-state index contributed by atoms with van der Waals surface area (Å²) in [6, 6.07) is 19.7. The summed E-state index contributed by atoms with van der Waals surface area (Å²) in [4.78, 5) is 0. The molecule has 3 nitrogen and oxygen atoms in total. The van der Waals surface area contributed by atoms with E-state index in [1.807, 2.05) is 48.5 Å². The van der Waals surface area contributed by atoms with Gasteiger partial charge in [-0.25, -0.2) is 4.39 Å². The molecule has 0 aromatic heterocycles. The SMILES string of the molecule is CCCCCOc1ccc(-c2ccc(COc3ccc(C#N)c(F)c3F)cc2)cc1. The predicted octanol–water partition coefficient (Wildman–Crippen LogP) is 6.65. The van der Waals surface area contributed by atoms with Crippen molar-refractivity contribution >= 4 is 0 Å². The Morgan fingerprint density at radius 2 is 1.47 bits per heavy atom. The molecule has 0 saturated carbocycles. The summed E-state index contributed by atoms with van der Waals surface area (Å²) < 4.78 is 38.7. The van der Waals surface area contributed by atoms with E-state index in [1.54, 1.807) is 6.07 Å². The van der Waals surface area contributed by atoms with Crippen LogP contribution in [0.5, 0.6) is 11.5 Å². The van der Waals surface area contributed by atoms with Gasteiger partial charge in [-0.2, -0.15) is 9.65 Å². The number of rotatable bonds is 9. The van der Waals surface area contributed by atoms with Gasteiger partial charge in [0.1, 0.15) is 18.4 Å². The second kappa shape index (κ2) is 10.4. The number of hydrogen-bond acceptors (Lipinski definition) is 3. The zero-order valence-electron chi connectivity index (χ0n) is 16.8. The Bertz CT molecular complexity index is 1010. The summed E-state index contributed by atoms with van der Waals surface area (Å²) in [6.45, 7) is 2.98. The van der Waals surface area contributed by atoms with Gasteiger partial charge in [-0.15, -0.1) is 0 Å². The van der Waals surface area contributed by atoms with Crippen LogP contribution in [0.4, 0.5) is 8.78 Å². The van der Waals surface area contributed by atoms with Crippen molar-refractivity contribution in [1.82, 2.24) is 0 Å². The molecule has 0 spiro atoms. The average Bonchev–Trinajstić information content (AvgIpc) is 2.79. The maximum Gasteiger partial charge on any atom is 0.202 e. The highest BCUT2D eigenvalue weighted by molar-refractivity contribution is 5.64. The molecule has 0 bridgehead atoms. The van der Waals surface area contributed by atoms with Crippen LogP contribution < -0.4 is 9.47 Å². The lowest BCUT2D eigenvalue weighted by Gasteiger charge is -2.10. The van der Waals surface area contributed by atoms with E-state index in [0.717, 1.165) is 35.5 Å². The first kappa shape index (κ1) is 21.3. The third-order valence-electron chi connectivity index (χ3n) is 4.72. The lowest BCUT2D eigenvalue weighted by atomic mass is 10.0. The van der Waals surface area contributed by atoms with Gasteiger partial charge in [0.25, 0.3) is 0 Å². The first-order valence-corrected chi connectivity index (χ1v) is 9.95. The molecule has 0 aliphatic heterocycles. The summed E-state index contributed by atoms with van der Waals surface area (Å²) in [5.74, 6) is -1.70. The van der Waals surface area contributed by atoms with E-state index in [2.05, 4.69) is 6.92 Å². The first-order chi connectivity index (χ1) is 14.6. The second-order valence-electron chi connectivity index (χ2n) is 6.92. The van der Waals surface area contributed by atoms with Crippen molar-refractivity contribution in [3.63, 3.8) is 0 Å². The Kier molecular flexibility index (Phi) is 7.40. The highest BCUT2D eigenvalue weighted by Gasteiger charge is 2.14. The van der Waals surface area contributed by atoms with Crippen molar-refractivity contribution in [1.29, 1.82) is 5.26 Å². The number of benzene rings is 3. The van der Waals surface area contributed by atoms with Gasteiger partial charge in [0, 0.05) is 0 Å². The fraction of sp³-hybridized carbons (Fsp3) is 0.240. The molecule has 0 fully saturated rings. The van der Waals surface area contributed by atoms with Crippen LogP contribution in [0.2, 0.25) is 0 Å². The number of ether oxygens (including phenoxy) is 2. The van der Waals surface area contributed by atoms with Crippen LogP contribution in [0.15, 0.2) is 60.7 Å². The van der Waals surface area contributed by atoms with Crippen LogP contribution in [0.1, 0.15) is 37.3 Å². The fourth-order valence-corrected chi connectivity index (χ4v) is 2.97. The van der Waals surface area contributed by atoms with Crippen molar-refractivity contribution in [2.75, 3.05) is 6.61 Å². The van der Waals surface area contributed by atoms with Crippen molar-refractivity contribution in [2.24, 2.45) is 0 Å². The van der Waals surface area contributed by atoms with E-state index in [-0.39, 0.29) is 17.9 Å². The average molecular weight is 407 g/mol. The van der Waals surface area contributed by atoms with Crippen LogP contribution >= 0.6 is 0 Å². The summed E-state index contributed by atoms with van der Waals surface area (Å²) in [7, 11) is 0. The minimum atomic E-state index is -1.19. The molecular weight excluding hydrogens is 384 g/mol. The quantitative estimate of drug-likeness (QED) is 0.373. The van der Waals surface area contributed by atoms with Crippen LogP contribution in [-0.4, -0.2) is 6.61 Å². The van der Waals surface area contributed by atoms with Gasteiger partial charge in [-0.1, -0.05) is 56.2 Å². The third-order valence-corrected chi connectivity index (χ3v) is 4.72. The van der Waals surface area contributed by atoms with Gasteiger partial charge in [0.15, 0.2) is 11.6 Å². The second-order valence-corrected chi connectivity index (χ2v) is 6.92. The molecule has 0 N–H and O–H groups in total. The van der Waals surface area contributed by atoms with E-state index < -0.39 is 11.6 Å². The van der Waals surface area contributed by atoms with Gasteiger partial charge < -0.3 is 9.47 Å². The number of nitrogens with zero attached hydrogens (tertiary/aromatic N) is 1. The summed E-state index contributed by atoms with van der Waals surface area (Å²) in [5.41, 5.74) is 2.57. The van der Waals surface area contributed by atoms with Crippen molar-refractivity contribution < 1.29 is 18.3 Å². The maximum absolute atomic E-state index is 13.9. The fourth-order valence-electron chi connectivity index (χ4n) is 2.97. The molecule has 0 unspecified atom stereocenters. The van der Waals surface area contributed by atoms with E-state index in [0.29, 0.717) is 0 Å².